The number of cyclic esters (lactones) is 1. The molecule has 39 heavy (non-hydrogen) atoms. The van der Waals surface area contributed by atoms with Crippen molar-refractivity contribution in [1.82, 2.24) is 5.32 Å². The van der Waals surface area contributed by atoms with Gasteiger partial charge in [-0.1, -0.05) is 125 Å². The largest absolute Gasteiger partial charge is 0.457 e. The van der Waals surface area contributed by atoms with Crippen molar-refractivity contribution in [3.8, 4) is 0 Å². The van der Waals surface area contributed by atoms with Crippen LogP contribution in [0.1, 0.15) is 46.1 Å². The molecule has 3 atom stereocenters. The Kier molecular flexibility index (Phi) is 9.25. The molecule has 6 nitrogen and oxygen atoms in total. The van der Waals surface area contributed by atoms with Crippen molar-refractivity contribution in [3.05, 3.63) is 96.6 Å². The lowest BCUT2D eigenvalue weighted by molar-refractivity contribution is -0.145. The average Bonchev–Trinajstić information content (AvgIpc) is 3.22. The summed E-state index contributed by atoms with van der Waals surface area (Å²) in [4.78, 5) is 25.8. The number of nitrogens with one attached hydrogen (secondary N) is 1. The Hall–Kier alpha value is -3.42. The molecular weight excluding hydrogens is 506 g/mol. The number of carbonyl (C=O) groups is 2. The van der Waals surface area contributed by atoms with E-state index < -0.39 is 32.5 Å². The van der Waals surface area contributed by atoms with Gasteiger partial charge in [0.15, 0.2) is 0 Å². The second-order valence-corrected chi connectivity index (χ2v) is 15.4. The molecule has 1 aliphatic rings. The lowest BCUT2D eigenvalue weighted by atomic mass is 9.94. The van der Waals surface area contributed by atoms with Crippen LogP contribution < -0.4 is 15.7 Å². The van der Waals surface area contributed by atoms with E-state index in [4.69, 9.17) is 13.9 Å². The van der Waals surface area contributed by atoms with E-state index in [0.717, 1.165) is 22.4 Å². The Morgan fingerprint density at radius 1 is 0.897 bits per heavy atom. The second kappa shape index (κ2) is 12.6. The van der Waals surface area contributed by atoms with Crippen LogP contribution in [0.2, 0.25) is 5.04 Å². The summed E-state index contributed by atoms with van der Waals surface area (Å²) in [7, 11) is -2.84. The first-order valence-corrected chi connectivity index (χ1v) is 15.6. The molecule has 4 rings (SSSR count). The van der Waals surface area contributed by atoms with E-state index in [1.165, 1.54) is 0 Å². The van der Waals surface area contributed by atoms with Gasteiger partial charge in [-0.3, -0.25) is 4.79 Å². The number of hydrogen-bond acceptors (Lipinski definition) is 5. The van der Waals surface area contributed by atoms with Crippen LogP contribution in [0, 0.1) is 5.92 Å². The maximum absolute atomic E-state index is 12.9. The number of hydrogen-bond donors (Lipinski definition) is 1. The summed E-state index contributed by atoms with van der Waals surface area (Å²) in [6.45, 7) is 8.95. The van der Waals surface area contributed by atoms with Crippen molar-refractivity contribution in [2.75, 3.05) is 6.61 Å². The molecule has 1 aliphatic heterocycles. The third kappa shape index (κ3) is 6.42. The minimum Gasteiger partial charge on any atom is -0.457 e. The highest BCUT2D eigenvalue weighted by molar-refractivity contribution is 6.99. The fourth-order valence-electron chi connectivity index (χ4n) is 5.52. The lowest BCUT2D eigenvalue weighted by Crippen LogP contribution is -2.67. The van der Waals surface area contributed by atoms with Crippen LogP contribution in [0.3, 0.4) is 0 Å². The standard InChI is InChI=1S/C32H39NO5Si/c1-5-15-27-29(33-31(35)36-22-24-16-9-6-10-17-24)28(38-30(27)34)23-37-39(32(2,3)4,25-18-11-7-12-19-25)26-20-13-8-14-21-26/h6-14,16-21,27-29H,5,15,22-23H2,1-4H3,(H,33,35)/t27-,28+,29-/m0/s1. The molecule has 0 bridgehead atoms. The molecule has 206 valence electrons. The molecule has 3 aromatic rings. The summed E-state index contributed by atoms with van der Waals surface area (Å²) in [6, 6.07) is 29.6. The molecule has 0 aromatic heterocycles. The first-order valence-electron chi connectivity index (χ1n) is 13.7. The Balaban J connectivity index is 1.59. The fraction of sp³-hybridized carbons (Fsp3) is 0.375. The third-order valence-corrected chi connectivity index (χ3v) is 12.4. The zero-order valence-corrected chi connectivity index (χ0v) is 24.3. The monoisotopic (exact) mass is 545 g/mol. The van der Waals surface area contributed by atoms with E-state index in [1.54, 1.807) is 0 Å². The molecule has 0 aliphatic carbocycles. The zero-order valence-electron chi connectivity index (χ0n) is 23.3. The Morgan fingerprint density at radius 2 is 1.44 bits per heavy atom. The highest BCUT2D eigenvalue weighted by atomic mass is 28.4. The maximum atomic E-state index is 12.9. The van der Waals surface area contributed by atoms with Gasteiger partial charge in [0, 0.05) is 0 Å². The van der Waals surface area contributed by atoms with Crippen LogP contribution in [-0.4, -0.2) is 39.1 Å². The highest BCUT2D eigenvalue weighted by Gasteiger charge is 2.52. The minimum atomic E-state index is -2.84. The molecule has 0 radical (unpaired) electrons. The molecular formula is C32H39NO5Si. The minimum absolute atomic E-state index is 0.149. The van der Waals surface area contributed by atoms with Crippen LogP contribution in [0.4, 0.5) is 4.79 Å². The fourth-order valence-corrected chi connectivity index (χ4v) is 10.1. The van der Waals surface area contributed by atoms with Crippen LogP contribution in [0.5, 0.6) is 0 Å². The highest BCUT2D eigenvalue weighted by Crippen LogP contribution is 2.37. The Bertz CT molecular complexity index is 1170. The van der Waals surface area contributed by atoms with E-state index in [1.807, 2.05) is 73.7 Å². The van der Waals surface area contributed by atoms with Crippen LogP contribution >= 0.6 is 0 Å². The SMILES string of the molecule is CCC[C@@H]1C(=O)O[C@H](CO[Si](c2ccccc2)(c2ccccc2)C(C)(C)C)[C@H]1NC(=O)OCc1ccccc1. The van der Waals surface area contributed by atoms with Gasteiger partial charge in [-0.25, -0.2) is 4.79 Å². The lowest BCUT2D eigenvalue weighted by Gasteiger charge is -2.43. The third-order valence-electron chi connectivity index (χ3n) is 7.38. The van der Waals surface area contributed by atoms with Crippen molar-refractivity contribution in [2.45, 2.75) is 64.3 Å². The summed E-state index contributed by atoms with van der Waals surface area (Å²) in [5.41, 5.74) is 0.892. The molecule has 1 amide bonds. The Labute approximate surface area is 232 Å². The van der Waals surface area contributed by atoms with E-state index in [-0.39, 0.29) is 24.2 Å². The van der Waals surface area contributed by atoms with Crippen molar-refractivity contribution in [2.24, 2.45) is 5.92 Å². The van der Waals surface area contributed by atoms with Crippen molar-refractivity contribution < 1.29 is 23.5 Å². The van der Waals surface area contributed by atoms with Gasteiger partial charge in [0.25, 0.3) is 8.32 Å². The van der Waals surface area contributed by atoms with Crippen LogP contribution in [0.25, 0.3) is 0 Å². The number of carbonyl (C=O) groups excluding carboxylic acids is 2. The van der Waals surface area contributed by atoms with E-state index in [0.29, 0.717) is 6.42 Å². The number of alkyl carbamates (subject to hydrolysis) is 1. The van der Waals surface area contributed by atoms with Crippen molar-refractivity contribution in [1.29, 1.82) is 0 Å². The van der Waals surface area contributed by atoms with Crippen molar-refractivity contribution >= 4 is 30.8 Å². The summed E-state index contributed by atoms with van der Waals surface area (Å²) in [5.74, 6) is -0.756. The summed E-state index contributed by atoms with van der Waals surface area (Å²) >= 11 is 0. The quantitative estimate of drug-likeness (QED) is 0.280. The van der Waals surface area contributed by atoms with Gasteiger partial charge in [-0.15, -0.1) is 0 Å². The first-order chi connectivity index (χ1) is 18.8. The summed E-state index contributed by atoms with van der Waals surface area (Å²) in [6.07, 6.45) is 0.205. The predicted octanol–water partition coefficient (Wildman–Crippen LogP) is 5.20. The number of ether oxygens (including phenoxy) is 2. The van der Waals surface area contributed by atoms with Gasteiger partial charge in [0.05, 0.1) is 18.6 Å². The van der Waals surface area contributed by atoms with Gasteiger partial charge >= 0.3 is 12.1 Å². The van der Waals surface area contributed by atoms with Gasteiger partial charge in [-0.2, -0.15) is 0 Å². The number of rotatable bonds is 10. The maximum Gasteiger partial charge on any atom is 0.407 e. The van der Waals surface area contributed by atoms with Gasteiger partial charge < -0.3 is 19.2 Å². The van der Waals surface area contributed by atoms with E-state index in [2.05, 4.69) is 50.4 Å². The molecule has 0 spiro atoms. The molecule has 0 unspecified atom stereocenters. The van der Waals surface area contributed by atoms with Gasteiger partial charge in [0.1, 0.15) is 12.7 Å². The smallest absolute Gasteiger partial charge is 0.407 e. The van der Waals surface area contributed by atoms with E-state index >= 15 is 0 Å². The zero-order chi connectivity index (χ0) is 27.9. The normalized spacial score (nSPS) is 19.4. The van der Waals surface area contributed by atoms with Crippen LogP contribution in [0.15, 0.2) is 91.0 Å². The van der Waals surface area contributed by atoms with E-state index in [9.17, 15) is 9.59 Å². The molecule has 1 saturated heterocycles. The molecule has 1 N–H and O–H groups in total. The van der Waals surface area contributed by atoms with Gasteiger partial charge in [0.2, 0.25) is 0 Å². The molecule has 1 fully saturated rings. The molecule has 0 saturated carbocycles. The van der Waals surface area contributed by atoms with Gasteiger partial charge in [-0.05, 0) is 27.4 Å². The summed E-state index contributed by atoms with van der Waals surface area (Å²) in [5, 5.41) is 5.01. The second-order valence-electron chi connectivity index (χ2n) is 11.1. The predicted molar refractivity (Wildman–Crippen MR) is 155 cm³/mol. The number of esters is 1. The number of amides is 1. The molecule has 3 aromatic carbocycles. The Morgan fingerprint density at radius 3 is 1.95 bits per heavy atom. The van der Waals surface area contributed by atoms with Crippen LogP contribution in [-0.2, 0) is 25.3 Å². The first kappa shape index (κ1) is 28.6. The topological polar surface area (TPSA) is 73.9 Å². The van der Waals surface area contributed by atoms with Crippen molar-refractivity contribution in [3.63, 3.8) is 0 Å². The summed E-state index contributed by atoms with van der Waals surface area (Å²) < 4.78 is 18.4. The molecule has 7 heteroatoms. The average molecular weight is 546 g/mol. The molecule has 1 heterocycles. The number of benzene rings is 3.